The molecule has 3 heterocycles. The molecule has 1 aromatic carbocycles. The first kappa shape index (κ1) is 19.8. The highest BCUT2D eigenvalue weighted by atomic mass is 16.5. The van der Waals surface area contributed by atoms with E-state index in [1.54, 1.807) is 6.20 Å². The molecule has 3 aromatic rings. The van der Waals surface area contributed by atoms with E-state index in [2.05, 4.69) is 15.2 Å². The number of nitrogens with zero attached hydrogens (tertiary/aromatic N) is 4. The van der Waals surface area contributed by atoms with Gasteiger partial charge in [-0.15, -0.1) is 0 Å². The SMILES string of the molecule is O=C(Nc1ccc(N2CCOCC2)nc1)c1nn(-c2ccccc2)c2c1CCCCC2. The number of para-hydroxylation sites is 1. The second kappa shape index (κ2) is 8.89. The van der Waals surface area contributed by atoms with Gasteiger partial charge < -0.3 is 15.0 Å². The highest BCUT2D eigenvalue weighted by Gasteiger charge is 2.25. The first-order chi connectivity index (χ1) is 15.3. The van der Waals surface area contributed by atoms with Gasteiger partial charge in [-0.3, -0.25) is 4.79 Å². The van der Waals surface area contributed by atoms with Gasteiger partial charge in [0.2, 0.25) is 0 Å². The number of aromatic nitrogens is 3. The van der Waals surface area contributed by atoms with Gasteiger partial charge in [-0.2, -0.15) is 5.10 Å². The van der Waals surface area contributed by atoms with Crippen LogP contribution in [-0.4, -0.2) is 47.0 Å². The van der Waals surface area contributed by atoms with Gasteiger partial charge in [0.05, 0.1) is 30.8 Å². The Bertz CT molecular complexity index is 1040. The maximum absolute atomic E-state index is 13.2. The van der Waals surface area contributed by atoms with E-state index in [4.69, 9.17) is 9.84 Å². The number of benzene rings is 1. The monoisotopic (exact) mass is 417 g/mol. The molecular weight excluding hydrogens is 390 g/mol. The van der Waals surface area contributed by atoms with Crippen molar-refractivity contribution < 1.29 is 9.53 Å². The zero-order chi connectivity index (χ0) is 21.0. The number of hydrogen-bond acceptors (Lipinski definition) is 5. The number of ether oxygens (including phenoxy) is 1. The van der Waals surface area contributed by atoms with Crippen molar-refractivity contribution in [2.45, 2.75) is 32.1 Å². The van der Waals surface area contributed by atoms with Crippen molar-refractivity contribution in [3.8, 4) is 5.69 Å². The number of nitrogens with one attached hydrogen (secondary N) is 1. The number of rotatable bonds is 4. The molecule has 7 heteroatoms. The molecule has 160 valence electrons. The Hall–Kier alpha value is -3.19. The lowest BCUT2D eigenvalue weighted by Crippen LogP contribution is -2.36. The molecule has 31 heavy (non-hydrogen) atoms. The lowest BCUT2D eigenvalue weighted by atomic mass is 10.1. The molecule has 7 nitrogen and oxygen atoms in total. The molecule has 0 saturated carbocycles. The summed E-state index contributed by atoms with van der Waals surface area (Å²) in [5, 5.41) is 7.76. The fourth-order valence-electron chi connectivity index (χ4n) is 4.37. The van der Waals surface area contributed by atoms with Crippen LogP contribution in [0, 0.1) is 0 Å². The molecule has 0 unspecified atom stereocenters. The molecule has 0 radical (unpaired) electrons. The molecule has 1 amide bonds. The smallest absolute Gasteiger partial charge is 0.276 e. The molecule has 1 aliphatic heterocycles. The van der Waals surface area contributed by atoms with Crippen LogP contribution in [0.4, 0.5) is 11.5 Å². The maximum Gasteiger partial charge on any atom is 0.276 e. The van der Waals surface area contributed by atoms with Crippen LogP contribution < -0.4 is 10.2 Å². The van der Waals surface area contributed by atoms with Crippen LogP contribution in [0.5, 0.6) is 0 Å². The van der Waals surface area contributed by atoms with Crippen LogP contribution in [0.3, 0.4) is 0 Å². The Morgan fingerprint density at radius 2 is 1.77 bits per heavy atom. The first-order valence-electron chi connectivity index (χ1n) is 11.1. The fraction of sp³-hybridized carbons (Fsp3) is 0.375. The lowest BCUT2D eigenvalue weighted by molar-refractivity contribution is 0.102. The number of fused-ring (bicyclic) bond motifs is 1. The van der Waals surface area contributed by atoms with Gasteiger partial charge in [0, 0.05) is 24.3 Å². The van der Waals surface area contributed by atoms with Crippen molar-refractivity contribution in [3.05, 3.63) is 65.6 Å². The molecule has 1 saturated heterocycles. The zero-order valence-corrected chi connectivity index (χ0v) is 17.6. The van der Waals surface area contributed by atoms with Crippen LogP contribution >= 0.6 is 0 Å². The van der Waals surface area contributed by atoms with Gasteiger partial charge in [0.1, 0.15) is 5.82 Å². The van der Waals surface area contributed by atoms with Crippen molar-refractivity contribution in [1.29, 1.82) is 0 Å². The Morgan fingerprint density at radius 1 is 0.968 bits per heavy atom. The van der Waals surface area contributed by atoms with E-state index in [-0.39, 0.29) is 5.91 Å². The van der Waals surface area contributed by atoms with E-state index in [0.717, 1.165) is 74.7 Å². The lowest BCUT2D eigenvalue weighted by Gasteiger charge is -2.27. The van der Waals surface area contributed by atoms with Gasteiger partial charge in [0.15, 0.2) is 5.69 Å². The second-order valence-corrected chi connectivity index (χ2v) is 8.04. The zero-order valence-electron chi connectivity index (χ0n) is 17.6. The minimum atomic E-state index is -0.172. The molecule has 0 bridgehead atoms. The summed E-state index contributed by atoms with van der Waals surface area (Å²) < 4.78 is 7.35. The van der Waals surface area contributed by atoms with Crippen LogP contribution in [0.15, 0.2) is 48.7 Å². The molecule has 1 fully saturated rings. The van der Waals surface area contributed by atoms with Gasteiger partial charge in [0.25, 0.3) is 5.91 Å². The van der Waals surface area contributed by atoms with E-state index in [1.807, 2.05) is 47.1 Å². The highest BCUT2D eigenvalue weighted by molar-refractivity contribution is 6.04. The molecule has 0 spiro atoms. The van der Waals surface area contributed by atoms with Gasteiger partial charge in [-0.1, -0.05) is 24.6 Å². The van der Waals surface area contributed by atoms with Crippen LogP contribution in [0.25, 0.3) is 5.69 Å². The number of hydrogen-bond donors (Lipinski definition) is 1. The number of morpholine rings is 1. The predicted molar refractivity (Wildman–Crippen MR) is 120 cm³/mol. The summed E-state index contributed by atoms with van der Waals surface area (Å²) in [5.41, 5.74) is 4.44. The normalized spacial score (nSPS) is 16.5. The quantitative estimate of drug-likeness (QED) is 0.657. The molecular formula is C24H27N5O2. The third-order valence-electron chi connectivity index (χ3n) is 5.99. The van der Waals surface area contributed by atoms with Crippen molar-refractivity contribution in [3.63, 3.8) is 0 Å². The minimum absolute atomic E-state index is 0.172. The topological polar surface area (TPSA) is 72.3 Å². The summed E-state index contributed by atoms with van der Waals surface area (Å²) in [6.45, 7) is 3.11. The van der Waals surface area contributed by atoms with Gasteiger partial charge in [-0.05, 0) is 49.9 Å². The minimum Gasteiger partial charge on any atom is -0.378 e. The van der Waals surface area contributed by atoms with E-state index in [0.29, 0.717) is 11.4 Å². The summed E-state index contributed by atoms with van der Waals surface area (Å²) in [5.74, 6) is 0.734. The fourth-order valence-corrected chi connectivity index (χ4v) is 4.37. The first-order valence-corrected chi connectivity index (χ1v) is 11.1. The Kier molecular flexibility index (Phi) is 5.67. The van der Waals surface area contributed by atoms with Crippen LogP contribution in [0.1, 0.15) is 41.0 Å². The van der Waals surface area contributed by atoms with E-state index >= 15 is 0 Å². The van der Waals surface area contributed by atoms with Crippen molar-refractivity contribution in [1.82, 2.24) is 14.8 Å². The summed E-state index contributed by atoms with van der Waals surface area (Å²) >= 11 is 0. The molecule has 5 rings (SSSR count). The third-order valence-corrected chi connectivity index (χ3v) is 5.99. The van der Waals surface area contributed by atoms with E-state index in [1.165, 1.54) is 6.42 Å². The summed E-state index contributed by atoms with van der Waals surface area (Å²) in [7, 11) is 0. The highest BCUT2D eigenvalue weighted by Crippen LogP contribution is 2.27. The maximum atomic E-state index is 13.2. The standard InChI is InChI=1S/C24H27N5O2/c30-24(26-18-11-12-22(25-17-18)28-13-15-31-16-14-28)23-20-9-5-2-6-10-21(20)29(27-23)19-7-3-1-4-8-19/h1,3-4,7-8,11-12,17H,2,5-6,9-10,13-16H2,(H,26,30). The predicted octanol–water partition coefficient (Wildman–Crippen LogP) is 3.63. The molecule has 2 aliphatic rings. The number of carbonyl (C=O) groups is 1. The average Bonchev–Trinajstić information content (AvgIpc) is 3.02. The van der Waals surface area contributed by atoms with E-state index in [9.17, 15) is 4.79 Å². The number of pyridine rings is 1. The number of anilines is 2. The van der Waals surface area contributed by atoms with Crippen LogP contribution in [0.2, 0.25) is 0 Å². The molecule has 2 aromatic heterocycles. The van der Waals surface area contributed by atoms with Crippen molar-refractivity contribution in [2.24, 2.45) is 0 Å². The summed E-state index contributed by atoms with van der Waals surface area (Å²) in [6, 6.07) is 13.9. The Balaban J connectivity index is 1.39. The van der Waals surface area contributed by atoms with Crippen molar-refractivity contribution >= 4 is 17.4 Å². The largest absolute Gasteiger partial charge is 0.378 e. The summed E-state index contributed by atoms with van der Waals surface area (Å²) in [6.07, 6.45) is 6.94. The molecule has 0 atom stereocenters. The number of carbonyl (C=O) groups excluding carboxylic acids is 1. The second-order valence-electron chi connectivity index (χ2n) is 8.04. The molecule has 1 N–H and O–H groups in total. The Morgan fingerprint density at radius 3 is 2.55 bits per heavy atom. The van der Waals surface area contributed by atoms with E-state index < -0.39 is 0 Å². The van der Waals surface area contributed by atoms with Gasteiger partial charge in [-0.25, -0.2) is 9.67 Å². The van der Waals surface area contributed by atoms with Gasteiger partial charge >= 0.3 is 0 Å². The molecule has 1 aliphatic carbocycles. The summed E-state index contributed by atoms with van der Waals surface area (Å²) in [4.78, 5) is 19.9. The van der Waals surface area contributed by atoms with Crippen LogP contribution in [-0.2, 0) is 17.6 Å². The number of amides is 1. The van der Waals surface area contributed by atoms with Crippen molar-refractivity contribution in [2.75, 3.05) is 36.5 Å². The third kappa shape index (κ3) is 4.18. The average molecular weight is 418 g/mol. The Labute approximate surface area is 182 Å².